The first-order valence-electron chi connectivity index (χ1n) is 7.01. The zero-order chi connectivity index (χ0) is 14.1. The average molecular weight is 272 g/mol. The summed E-state index contributed by atoms with van der Waals surface area (Å²) >= 11 is 0. The molecule has 0 amide bonds. The molecule has 1 atom stereocenters. The summed E-state index contributed by atoms with van der Waals surface area (Å²) < 4.78 is 0. The van der Waals surface area contributed by atoms with Crippen LogP contribution in [0.15, 0.2) is 0 Å². The Bertz CT molecular complexity index is 284. The summed E-state index contributed by atoms with van der Waals surface area (Å²) in [4.78, 5) is 20.3. The number of carboxylic acid groups (broad SMARTS) is 2. The molecule has 19 heavy (non-hydrogen) atoms. The molecule has 1 saturated carbocycles. The van der Waals surface area contributed by atoms with Gasteiger partial charge in [0.25, 0.3) is 0 Å². The van der Waals surface area contributed by atoms with E-state index in [0.29, 0.717) is 6.04 Å². The minimum Gasteiger partial charge on any atom is -0.480 e. The van der Waals surface area contributed by atoms with Crippen LogP contribution in [0.4, 0.5) is 0 Å². The summed E-state index contributed by atoms with van der Waals surface area (Å²) in [6.07, 6.45) is 7.88. The van der Waals surface area contributed by atoms with Crippen molar-refractivity contribution >= 4 is 11.9 Å². The van der Waals surface area contributed by atoms with Crippen molar-refractivity contribution in [2.24, 2.45) is 0 Å². The molecule has 0 spiro atoms. The largest absolute Gasteiger partial charge is 0.480 e. The SMILES string of the molecule is O=C(O)C1CCCN1.O=C(O)CNC1CCCCC1. The molecule has 0 bridgehead atoms. The van der Waals surface area contributed by atoms with E-state index in [-0.39, 0.29) is 12.6 Å². The Morgan fingerprint density at radius 3 is 2.16 bits per heavy atom. The van der Waals surface area contributed by atoms with Gasteiger partial charge in [-0.15, -0.1) is 0 Å². The maximum absolute atomic E-state index is 10.2. The van der Waals surface area contributed by atoms with E-state index >= 15 is 0 Å². The van der Waals surface area contributed by atoms with Gasteiger partial charge in [0, 0.05) is 6.04 Å². The van der Waals surface area contributed by atoms with E-state index in [1.165, 1.54) is 19.3 Å². The number of carbonyl (C=O) groups is 2. The van der Waals surface area contributed by atoms with Crippen LogP contribution in [0.2, 0.25) is 0 Å². The van der Waals surface area contributed by atoms with E-state index in [1.807, 2.05) is 0 Å². The molecule has 1 aliphatic carbocycles. The third kappa shape index (κ3) is 7.12. The van der Waals surface area contributed by atoms with Gasteiger partial charge in [0.15, 0.2) is 0 Å². The Morgan fingerprint density at radius 2 is 1.74 bits per heavy atom. The van der Waals surface area contributed by atoms with Crippen molar-refractivity contribution < 1.29 is 19.8 Å². The normalized spacial score (nSPS) is 23.5. The average Bonchev–Trinajstić information content (AvgIpc) is 2.92. The third-order valence-corrected chi connectivity index (χ3v) is 3.51. The predicted molar refractivity (Wildman–Crippen MR) is 71.2 cm³/mol. The van der Waals surface area contributed by atoms with E-state index in [2.05, 4.69) is 10.6 Å². The lowest BCUT2D eigenvalue weighted by Gasteiger charge is -2.21. The van der Waals surface area contributed by atoms with Gasteiger partial charge in [0.2, 0.25) is 0 Å². The molecule has 110 valence electrons. The molecule has 1 heterocycles. The summed E-state index contributed by atoms with van der Waals surface area (Å²) in [5, 5.41) is 22.6. The Hall–Kier alpha value is -1.14. The summed E-state index contributed by atoms with van der Waals surface area (Å²) in [5.41, 5.74) is 0. The summed E-state index contributed by atoms with van der Waals surface area (Å²) in [6, 6.07) is 0.190. The fraction of sp³-hybridized carbons (Fsp3) is 0.846. The van der Waals surface area contributed by atoms with E-state index < -0.39 is 11.9 Å². The van der Waals surface area contributed by atoms with Gasteiger partial charge in [-0.2, -0.15) is 0 Å². The number of nitrogens with one attached hydrogen (secondary N) is 2. The van der Waals surface area contributed by atoms with Gasteiger partial charge in [-0.05, 0) is 32.2 Å². The Labute approximate surface area is 113 Å². The van der Waals surface area contributed by atoms with E-state index in [9.17, 15) is 9.59 Å². The van der Waals surface area contributed by atoms with Crippen LogP contribution in [-0.2, 0) is 9.59 Å². The smallest absolute Gasteiger partial charge is 0.320 e. The van der Waals surface area contributed by atoms with Gasteiger partial charge in [-0.1, -0.05) is 19.3 Å². The molecule has 2 aliphatic rings. The third-order valence-electron chi connectivity index (χ3n) is 3.51. The van der Waals surface area contributed by atoms with Crippen LogP contribution in [-0.4, -0.2) is 47.3 Å². The number of hydrogen-bond donors (Lipinski definition) is 4. The minimum absolute atomic E-state index is 0.116. The van der Waals surface area contributed by atoms with Crippen LogP contribution in [0, 0.1) is 0 Å². The van der Waals surface area contributed by atoms with Gasteiger partial charge < -0.3 is 20.8 Å². The highest BCUT2D eigenvalue weighted by atomic mass is 16.4. The lowest BCUT2D eigenvalue weighted by Crippen LogP contribution is -2.34. The molecule has 0 aromatic carbocycles. The van der Waals surface area contributed by atoms with Crippen LogP contribution in [0.3, 0.4) is 0 Å². The molecule has 0 radical (unpaired) electrons. The van der Waals surface area contributed by atoms with Crippen LogP contribution >= 0.6 is 0 Å². The first-order valence-corrected chi connectivity index (χ1v) is 7.01. The van der Waals surface area contributed by atoms with Crippen molar-refractivity contribution in [3.05, 3.63) is 0 Å². The summed E-state index contributed by atoms with van der Waals surface area (Å²) in [7, 11) is 0. The molecule has 0 aromatic heterocycles. The topological polar surface area (TPSA) is 98.7 Å². The Morgan fingerprint density at radius 1 is 1.05 bits per heavy atom. The second kappa shape index (κ2) is 8.87. The fourth-order valence-corrected chi connectivity index (χ4v) is 2.43. The van der Waals surface area contributed by atoms with E-state index in [1.54, 1.807) is 0 Å². The number of aliphatic carboxylic acids is 2. The van der Waals surface area contributed by atoms with Crippen LogP contribution < -0.4 is 10.6 Å². The fourth-order valence-electron chi connectivity index (χ4n) is 2.43. The maximum Gasteiger partial charge on any atom is 0.320 e. The van der Waals surface area contributed by atoms with Gasteiger partial charge in [0.05, 0.1) is 6.54 Å². The van der Waals surface area contributed by atoms with E-state index in [0.717, 1.165) is 32.2 Å². The van der Waals surface area contributed by atoms with Gasteiger partial charge >= 0.3 is 11.9 Å². The van der Waals surface area contributed by atoms with Crippen molar-refractivity contribution in [3.63, 3.8) is 0 Å². The second-order valence-electron chi connectivity index (χ2n) is 5.10. The van der Waals surface area contributed by atoms with Gasteiger partial charge in [-0.25, -0.2) is 0 Å². The van der Waals surface area contributed by atoms with E-state index in [4.69, 9.17) is 10.2 Å². The van der Waals surface area contributed by atoms with Crippen molar-refractivity contribution in [2.75, 3.05) is 13.1 Å². The van der Waals surface area contributed by atoms with Crippen molar-refractivity contribution in [1.82, 2.24) is 10.6 Å². The molecule has 1 aliphatic heterocycles. The van der Waals surface area contributed by atoms with Crippen molar-refractivity contribution in [3.8, 4) is 0 Å². The highest BCUT2D eigenvalue weighted by Crippen LogP contribution is 2.16. The molecule has 2 rings (SSSR count). The minimum atomic E-state index is -0.754. The second-order valence-corrected chi connectivity index (χ2v) is 5.10. The van der Waals surface area contributed by atoms with Gasteiger partial charge in [0.1, 0.15) is 6.04 Å². The highest BCUT2D eigenvalue weighted by molar-refractivity contribution is 5.73. The molecule has 0 aromatic rings. The van der Waals surface area contributed by atoms with Crippen LogP contribution in [0.25, 0.3) is 0 Å². The molecule has 1 unspecified atom stereocenters. The standard InChI is InChI=1S/C8H15NO2.C5H9NO2/c10-8(11)6-9-7-4-2-1-3-5-7;7-5(8)4-2-1-3-6-4/h7,9H,1-6H2,(H,10,11);4,6H,1-3H2,(H,7,8). The lowest BCUT2D eigenvalue weighted by molar-refractivity contribution is -0.139. The van der Waals surface area contributed by atoms with Crippen molar-refractivity contribution in [2.45, 2.75) is 57.0 Å². The molecule has 6 nitrogen and oxygen atoms in total. The monoisotopic (exact) mass is 272 g/mol. The Kier molecular flexibility index (Phi) is 7.43. The molecule has 4 N–H and O–H groups in total. The lowest BCUT2D eigenvalue weighted by atomic mass is 9.96. The van der Waals surface area contributed by atoms with Crippen molar-refractivity contribution in [1.29, 1.82) is 0 Å². The van der Waals surface area contributed by atoms with Crippen LogP contribution in [0.1, 0.15) is 44.9 Å². The van der Waals surface area contributed by atoms with Gasteiger partial charge in [-0.3, -0.25) is 9.59 Å². The molecular weight excluding hydrogens is 248 g/mol. The molecule has 1 saturated heterocycles. The molecule has 6 heteroatoms. The Balaban J connectivity index is 0.000000200. The maximum atomic E-state index is 10.2. The number of carboxylic acids is 2. The zero-order valence-electron chi connectivity index (χ0n) is 11.2. The summed E-state index contributed by atoms with van der Waals surface area (Å²) in [6.45, 7) is 0.974. The van der Waals surface area contributed by atoms with Crippen LogP contribution in [0.5, 0.6) is 0 Å². The first kappa shape index (κ1) is 15.9. The molecule has 2 fully saturated rings. The molecular formula is C13H24N2O4. The summed E-state index contributed by atoms with van der Waals surface area (Å²) in [5.74, 6) is -1.47. The predicted octanol–water partition coefficient (Wildman–Crippen LogP) is 0.816. The highest BCUT2D eigenvalue weighted by Gasteiger charge is 2.20. The number of hydrogen-bond acceptors (Lipinski definition) is 4. The quantitative estimate of drug-likeness (QED) is 0.604. The zero-order valence-corrected chi connectivity index (χ0v) is 11.2. The first-order chi connectivity index (χ1) is 9.09. The number of rotatable bonds is 4.